The quantitative estimate of drug-likeness (QED) is 0.575. The van der Waals surface area contributed by atoms with Gasteiger partial charge >= 0.3 is 0 Å². The van der Waals surface area contributed by atoms with Crippen LogP contribution in [0, 0.1) is 6.92 Å². The van der Waals surface area contributed by atoms with Gasteiger partial charge in [0, 0.05) is 10.9 Å². The number of aromatic nitrogens is 3. The number of methoxy groups -OCH3 is 2. The molecule has 4 aromatic rings. The lowest BCUT2D eigenvalue weighted by molar-refractivity contribution is 0.355. The van der Waals surface area contributed by atoms with Crippen LogP contribution in [0.2, 0.25) is 0 Å². The number of benzene rings is 2. The number of para-hydroxylation sites is 1. The van der Waals surface area contributed by atoms with E-state index in [1.165, 1.54) is 10.9 Å². The van der Waals surface area contributed by atoms with Crippen LogP contribution in [-0.2, 0) is 0 Å². The van der Waals surface area contributed by atoms with Gasteiger partial charge < -0.3 is 9.47 Å². The Morgan fingerprint density at radius 3 is 2.46 bits per heavy atom. The van der Waals surface area contributed by atoms with Gasteiger partial charge in [0.1, 0.15) is 0 Å². The Labute approximate surface area is 139 Å². The summed E-state index contributed by atoms with van der Waals surface area (Å²) in [5.41, 5.74) is 4.02. The van der Waals surface area contributed by atoms with Crippen molar-refractivity contribution in [2.75, 3.05) is 14.2 Å². The molecule has 2 aromatic carbocycles. The van der Waals surface area contributed by atoms with E-state index in [-0.39, 0.29) is 0 Å². The summed E-state index contributed by atoms with van der Waals surface area (Å²) >= 11 is 0. The highest BCUT2D eigenvalue weighted by atomic mass is 16.5. The van der Waals surface area contributed by atoms with E-state index in [2.05, 4.69) is 39.7 Å². The fraction of sp³-hybridized carbons (Fsp3) is 0.158. The molecule has 0 saturated carbocycles. The van der Waals surface area contributed by atoms with Gasteiger partial charge in [-0.15, -0.1) is 10.2 Å². The van der Waals surface area contributed by atoms with E-state index < -0.39 is 0 Å². The highest BCUT2D eigenvalue weighted by Gasteiger charge is 2.14. The molecule has 4 rings (SSSR count). The minimum absolute atomic E-state index is 0.670. The average molecular weight is 319 g/mol. The average Bonchev–Trinajstić information content (AvgIpc) is 3.05. The first-order valence-corrected chi connectivity index (χ1v) is 7.69. The van der Waals surface area contributed by atoms with Gasteiger partial charge in [0.25, 0.3) is 0 Å². The number of hydrogen-bond donors (Lipinski definition) is 0. The molecular weight excluding hydrogens is 302 g/mol. The number of nitrogens with zero attached hydrogens (tertiary/aromatic N) is 3. The van der Waals surface area contributed by atoms with Crippen LogP contribution in [0.25, 0.3) is 27.9 Å². The second-order valence-electron chi connectivity index (χ2n) is 5.63. The Balaban J connectivity index is 2.03. The van der Waals surface area contributed by atoms with Gasteiger partial charge in [0.2, 0.25) is 0 Å². The molecule has 0 bridgehead atoms. The summed E-state index contributed by atoms with van der Waals surface area (Å²) < 4.78 is 12.8. The molecule has 0 radical (unpaired) electrons. The lowest BCUT2D eigenvalue weighted by atomic mass is 10.1. The van der Waals surface area contributed by atoms with Gasteiger partial charge in [-0.3, -0.25) is 4.40 Å². The molecule has 24 heavy (non-hydrogen) atoms. The maximum absolute atomic E-state index is 5.41. The molecule has 120 valence electrons. The smallest absolute Gasteiger partial charge is 0.168 e. The zero-order valence-corrected chi connectivity index (χ0v) is 13.8. The minimum atomic E-state index is 0.670. The van der Waals surface area contributed by atoms with Crippen LogP contribution >= 0.6 is 0 Å². The van der Waals surface area contributed by atoms with Crippen molar-refractivity contribution in [3.8, 4) is 22.9 Å². The summed E-state index contributed by atoms with van der Waals surface area (Å²) in [6, 6.07) is 16.1. The molecule has 5 heteroatoms. The van der Waals surface area contributed by atoms with Crippen LogP contribution in [0.5, 0.6) is 11.5 Å². The molecule has 0 unspecified atom stereocenters. The summed E-state index contributed by atoms with van der Waals surface area (Å²) in [6.07, 6.45) is 0. The first-order valence-electron chi connectivity index (χ1n) is 7.69. The highest BCUT2D eigenvalue weighted by molar-refractivity contribution is 5.87. The van der Waals surface area contributed by atoms with Crippen molar-refractivity contribution in [1.29, 1.82) is 0 Å². The topological polar surface area (TPSA) is 48.7 Å². The Morgan fingerprint density at radius 1 is 0.875 bits per heavy atom. The molecular formula is C19H17N3O2. The first-order chi connectivity index (χ1) is 11.7. The third-order valence-electron chi connectivity index (χ3n) is 4.25. The molecule has 5 nitrogen and oxygen atoms in total. The van der Waals surface area contributed by atoms with E-state index >= 15 is 0 Å². The third-order valence-corrected chi connectivity index (χ3v) is 4.25. The van der Waals surface area contributed by atoms with Gasteiger partial charge in [-0.25, -0.2) is 0 Å². The molecule has 0 spiro atoms. The van der Waals surface area contributed by atoms with E-state index in [4.69, 9.17) is 9.47 Å². The zero-order valence-electron chi connectivity index (χ0n) is 13.8. The van der Waals surface area contributed by atoms with E-state index in [1.54, 1.807) is 14.2 Å². The molecule has 0 N–H and O–H groups in total. The van der Waals surface area contributed by atoms with Crippen molar-refractivity contribution < 1.29 is 9.47 Å². The van der Waals surface area contributed by atoms with E-state index in [0.29, 0.717) is 11.5 Å². The molecule has 0 aliphatic heterocycles. The molecule has 0 atom stereocenters. The lowest BCUT2D eigenvalue weighted by Crippen LogP contribution is -1.95. The Morgan fingerprint density at radius 2 is 1.67 bits per heavy atom. The summed E-state index contributed by atoms with van der Waals surface area (Å²) in [4.78, 5) is 0. The molecule has 2 aromatic heterocycles. The van der Waals surface area contributed by atoms with Gasteiger partial charge in [-0.2, -0.15) is 0 Å². The second-order valence-corrected chi connectivity index (χ2v) is 5.63. The second kappa shape index (κ2) is 5.53. The van der Waals surface area contributed by atoms with E-state index in [1.807, 2.05) is 30.3 Å². The number of ether oxygens (including phenoxy) is 2. The zero-order chi connectivity index (χ0) is 16.7. The predicted octanol–water partition coefficient (Wildman–Crippen LogP) is 3.88. The van der Waals surface area contributed by atoms with Crippen LogP contribution in [0.3, 0.4) is 0 Å². The number of aryl methyl sites for hydroxylation is 1. The van der Waals surface area contributed by atoms with Crippen LogP contribution in [-0.4, -0.2) is 28.8 Å². The standard InChI is InChI=1S/C19H17N3O2/c1-12-10-18-20-21-19(22(18)15-7-5-4-6-14(12)15)13-8-9-16(23-2)17(11-13)24-3/h4-11H,1-3H3. The highest BCUT2D eigenvalue weighted by Crippen LogP contribution is 2.33. The van der Waals surface area contributed by atoms with Gasteiger partial charge in [-0.1, -0.05) is 18.2 Å². The number of rotatable bonds is 3. The number of fused-ring (bicyclic) bond motifs is 3. The van der Waals surface area contributed by atoms with Gasteiger partial charge in [-0.05, 0) is 42.8 Å². The van der Waals surface area contributed by atoms with Crippen molar-refractivity contribution in [3.05, 3.63) is 54.1 Å². The fourth-order valence-electron chi connectivity index (χ4n) is 3.06. The predicted molar refractivity (Wildman–Crippen MR) is 93.8 cm³/mol. The molecule has 0 aliphatic carbocycles. The monoisotopic (exact) mass is 319 g/mol. The van der Waals surface area contributed by atoms with Crippen LogP contribution in [0.15, 0.2) is 48.5 Å². The first kappa shape index (κ1) is 14.5. The molecule has 0 aliphatic rings. The van der Waals surface area contributed by atoms with E-state index in [0.717, 1.165) is 22.6 Å². The minimum Gasteiger partial charge on any atom is -0.493 e. The number of hydrogen-bond acceptors (Lipinski definition) is 4. The van der Waals surface area contributed by atoms with Crippen molar-refractivity contribution in [2.45, 2.75) is 6.92 Å². The summed E-state index contributed by atoms with van der Waals surface area (Å²) in [5, 5.41) is 9.94. The summed E-state index contributed by atoms with van der Waals surface area (Å²) in [5.74, 6) is 2.14. The fourth-order valence-corrected chi connectivity index (χ4v) is 3.06. The largest absolute Gasteiger partial charge is 0.493 e. The number of pyridine rings is 1. The molecule has 0 saturated heterocycles. The van der Waals surface area contributed by atoms with Crippen LogP contribution in [0.4, 0.5) is 0 Å². The Hall–Kier alpha value is -3.08. The Bertz CT molecular complexity index is 1050. The van der Waals surface area contributed by atoms with Crippen molar-refractivity contribution in [1.82, 2.24) is 14.6 Å². The van der Waals surface area contributed by atoms with Crippen LogP contribution in [0.1, 0.15) is 5.56 Å². The molecule has 0 amide bonds. The summed E-state index contributed by atoms with van der Waals surface area (Å²) in [7, 11) is 3.25. The van der Waals surface area contributed by atoms with Gasteiger partial charge in [0.15, 0.2) is 23.0 Å². The summed E-state index contributed by atoms with van der Waals surface area (Å²) in [6.45, 7) is 2.09. The van der Waals surface area contributed by atoms with Gasteiger partial charge in [0.05, 0.1) is 19.7 Å². The Kier molecular flexibility index (Phi) is 3.34. The van der Waals surface area contributed by atoms with Crippen molar-refractivity contribution >= 4 is 16.6 Å². The lowest BCUT2D eigenvalue weighted by Gasteiger charge is -2.10. The third kappa shape index (κ3) is 2.09. The molecule has 2 heterocycles. The normalized spacial score (nSPS) is 11.1. The maximum Gasteiger partial charge on any atom is 0.168 e. The van der Waals surface area contributed by atoms with Crippen molar-refractivity contribution in [3.63, 3.8) is 0 Å². The SMILES string of the molecule is COc1ccc(-c2nnc3cc(C)c4ccccc4n23)cc1OC. The maximum atomic E-state index is 5.41. The molecule has 0 fully saturated rings. The van der Waals surface area contributed by atoms with Crippen molar-refractivity contribution in [2.24, 2.45) is 0 Å². The van der Waals surface area contributed by atoms with Crippen LogP contribution < -0.4 is 9.47 Å². The van der Waals surface area contributed by atoms with E-state index in [9.17, 15) is 0 Å².